The molecule has 3 aromatic rings. The largest absolute Gasteiger partial charge is 0.569 e. The van der Waals surface area contributed by atoms with Crippen molar-refractivity contribution in [3.8, 4) is 16.9 Å². The molecule has 0 unspecified atom stereocenters. The third-order valence-electron chi connectivity index (χ3n) is 5.69. The van der Waals surface area contributed by atoms with Gasteiger partial charge >= 0.3 is 12.3 Å². The third-order valence-corrected chi connectivity index (χ3v) is 7.08. The van der Waals surface area contributed by atoms with Crippen molar-refractivity contribution in [2.75, 3.05) is 20.4 Å². The fourth-order valence-corrected chi connectivity index (χ4v) is 4.52. The highest BCUT2D eigenvalue weighted by Gasteiger charge is 2.35. The Kier molecular flexibility index (Phi) is 10.6. The number of rotatable bonds is 11. The number of carbonyl (C=O) groups is 2. The molecular weight excluding hydrogens is 625 g/mol. The standard InChI is InChI=1S/C27H31F3N6O8S/c1-18-6-8-19(9-7-18)22-16-23(27(28,29)30)31-35(22)20-10-12-21(13-11-20)45(40,41)32-24(37)14-15-34(5)36(39)33-43-17-42-25(38)44-26(2,3)4/h6-13,16H,14-15,17H2,1-5H3,(H,32,37). The molecule has 1 amide bonds. The minimum atomic E-state index is -4.72. The van der Waals surface area contributed by atoms with Gasteiger partial charge in [0.15, 0.2) is 5.69 Å². The molecule has 18 heteroatoms. The molecule has 2 aromatic carbocycles. The normalized spacial score (nSPS) is 12.4. The number of amides is 1. The number of nitrogens with one attached hydrogen (secondary N) is 1. The van der Waals surface area contributed by atoms with Crippen LogP contribution in [0.15, 0.2) is 64.8 Å². The minimum Gasteiger partial charge on any atom is -0.569 e. The molecule has 45 heavy (non-hydrogen) atoms. The Balaban J connectivity index is 1.62. The van der Waals surface area contributed by atoms with Crippen LogP contribution < -0.4 is 4.72 Å². The lowest BCUT2D eigenvalue weighted by Gasteiger charge is -2.18. The summed E-state index contributed by atoms with van der Waals surface area (Å²) in [5, 5.41) is 19.6. The molecule has 0 radical (unpaired) electrons. The summed E-state index contributed by atoms with van der Waals surface area (Å²) >= 11 is 0. The molecule has 244 valence electrons. The number of hydrazine groups is 1. The quantitative estimate of drug-likeness (QED) is 0.0762. The molecule has 1 heterocycles. The Bertz CT molecular complexity index is 1630. The monoisotopic (exact) mass is 656 g/mol. The number of ether oxygens (including phenoxy) is 2. The molecule has 0 aliphatic heterocycles. The maximum absolute atomic E-state index is 13.5. The number of carbonyl (C=O) groups excluding carboxylic acids is 2. The molecule has 0 aliphatic rings. The lowest BCUT2D eigenvalue weighted by Crippen LogP contribution is -2.35. The van der Waals surface area contributed by atoms with Gasteiger partial charge in [0.2, 0.25) is 11.2 Å². The van der Waals surface area contributed by atoms with Gasteiger partial charge in [-0.2, -0.15) is 18.3 Å². The highest BCUT2D eigenvalue weighted by atomic mass is 32.2. The van der Waals surface area contributed by atoms with Gasteiger partial charge in [0.1, 0.15) is 5.60 Å². The van der Waals surface area contributed by atoms with Crippen molar-refractivity contribution in [3.63, 3.8) is 0 Å². The van der Waals surface area contributed by atoms with Crippen molar-refractivity contribution in [2.24, 2.45) is 5.28 Å². The number of nitrogens with zero attached hydrogens (tertiary/aromatic N) is 5. The van der Waals surface area contributed by atoms with E-state index in [0.717, 1.165) is 33.5 Å². The highest BCUT2D eigenvalue weighted by molar-refractivity contribution is 7.90. The lowest BCUT2D eigenvalue weighted by atomic mass is 10.1. The van der Waals surface area contributed by atoms with Crippen molar-refractivity contribution < 1.29 is 50.5 Å². The lowest BCUT2D eigenvalue weighted by molar-refractivity contribution is -0.706. The molecule has 3 rings (SSSR count). The van der Waals surface area contributed by atoms with E-state index in [0.29, 0.717) is 5.56 Å². The molecule has 0 saturated carbocycles. The molecule has 0 saturated heterocycles. The Morgan fingerprint density at radius 3 is 2.29 bits per heavy atom. The van der Waals surface area contributed by atoms with Gasteiger partial charge in [0.05, 0.1) is 41.3 Å². The summed E-state index contributed by atoms with van der Waals surface area (Å²) in [7, 11) is -3.14. The smallest absolute Gasteiger partial charge is 0.511 e. The molecule has 14 nitrogen and oxygen atoms in total. The fraction of sp³-hybridized carbons (Fsp3) is 0.370. The van der Waals surface area contributed by atoms with Gasteiger partial charge < -0.3 is 19.5 Å². The van der Waals surface area contributed by atoms with E-state index in [-0.39, 0.29) is 27.8 Å². The minimum absolute atomic E-state index is 0.0523. The van der Waals surface area contributed by atoms with Crippen molar-refractivity contribution in [1.82, 2.24) is 19.5 Å². The molecule has 0 fully saturated rings. The van der Waals surface area contributed by atoms with Gasteiger partial charge in [-0.1, -0.05) is 29.8 Å². The second kappa shape index (κ2) is 13.8. The van der Waals surface area contributed by atoms with Gasteiger partial charge in [0, 0.05) is 5.56 Å². The van der Waals surface area contributed by atoms with Crippen molar-refractivity contribution in [1.29, 1.82) is 0 Å². The maximum Gasteiger partial charge on any atom is 0.511 e. The summed E-state index contributed by atoms with van der Waals surface area (Å²) in [5.74, 6) is -0.961. The number of alkyl halides is 3. The molecular formula is C27H31F3N6O8S. The first kappa shape index (κ1) is 34.6. The first-order chi connectivity index (χ1) is 20.9. The van der Waals surface area contributed by atoms with Crippen molar-refractivity contribution in [3.05, 3.63) is 71.1 Å². The predicted octanol–water partition coefficient (Wildman–Crippen LogP) is 4.71. The van der Waals surface area contributed by atoms with E-state index >= 15 is 0 Å². The highest BCUT2D eigenvalue weighted by Crippen LogP contribution is 2.33. The maximum atomic E-state index is 13.5. The van der Waals surface area contributed by atoms with Gasteiger partial charge in [-0.3, -0.25) is 4.79 Å². The average Bonchev–Trinajstić information content (AvgIpc) is 3.39. The molecule has 1 N–H and O–H groups in total. The summed E-state index contributed by atoms with van der Waals surface area (Å²) in [6, 6.07) is 12.4. The molecule has 0 bridgehead atoms. The second-order valence-corrected chi connectivity index (χ2v) is 12.2. The van der Waals surface area contributed by atoms with Crippen molar-refractivity contribution >= 4 is 22.1 Å². The van der Waals surface area contributed by atoms with Crippen LogP contribution in [0.4, 0.5) is 18.0 Å². The first-order valence-electron chi connectivity index (χ1n) is 13.1. The number of halogens is 3. The predicted molar refractivity (Wildman–Crippen MR) is 151 cm³/mol. The number of hydrogen-bond acceptors (Lipinski definition) is 10. The first-order valence-corrected chi connectivity index (χ1v) is 14.6. The molecule has 1 aromatic heterocycles. The van der Waals surface area contributed by atoms with Crippen LogP contribution >= 0.6 is 0 Å². The zero-order valence-electron chi connectivity index (χ0n) is 24.9. The molecule has 0 aliphatic carbocycles. The summed E-state index contributed by atoms with van der Waals surface area (Å²) in [5.41, 5.74) is -0.283. The zero-order valence-corrected chi connectivity index (χ0v) is 25.7. The fourth-order valence-electron chi connectivity index (χ4n) is 3.51. The Morgan fingerprint density at radius 1 is 1.09 bits per heavy atom. The number of sulfonamides is 1. The topological polar surface area (TPSA) is 167 Å². The summed E-state index contributed by atoms with van der Waals surface area (Å²) < 4.78 is 78.3. The van der Waals surface area contributed by atoms with Crippen LogP contribution in [0.5, 0.6) is 0 Å². The molecule has 0 spiro atoms. The van der Waals surface area contributed by atoms with Gasteiger partial charge in [0.25, 0.3) is 16.8 Å². The SMILES string of the molecule is Cc1ccc(-c2cc(C(F)(F)F)nn2-c2ccc(S(=O)(=O)NC(=O)CCN(C)[N+]([O-])=NOCOC(=O)OC(C)(C)C)cc2)cc1. The zero-order chi connectivity index (χ0) is 33.6. The van der Waals surface area contributed by atoms with E-state index in [1.54, 1.807) is 45.0 Å². The number of hydrogen-bond donors (Lipinski definition) is 1. The molecule has 0 atom stereocenters. The Labute approximate surface area is 256 Å². The summed E-state index contributed by atoms with van der Waals surface area (Å²) in [4.78, 5) is 27.9. The summed E-state index contributed by atoms with van der Waals surface area (Å²) in [6.07, 6.45) is -6.21. The van der Waals surface area contributed by atoms with Crippen LogP contribution in [0, 0.1) is 12.1 Å². The van der Waals surface area contributed by atoms with Crippen LogP contribution in [-0.4, -0.2) is 66.2 Å². The Hall–Kier alpha value is -4.87. The van der Waals surface area contributed by atoms with E-state index in [4.69, 9.17) is 4.74 Å². The van der Waals surface area contributed by atoms with Crippen LogP contribution in [0.3, 0.4) is 0 Å². The number of aromatic nitrogens is 2. The van der Waals surface area contributed by atoms with E-state index < -0.39 is 52.8 Å². The number of aryl methyl sites for hydroxylation is 1. The van der Waals surface area contributed by atoms with Crippen molar-refractivity contribution in [2.45, 2.75) is 50.8 Å². The second-order valence-electron chi connectivity index (χ2n) is 10.5. The number of benzene rings is 2. The van der Waals surface area contributed by atoms with E-state index in [9.17, 15) is 36.4 Å². The van der Waals surface area contributed by atoms with E-state index in [2.05, 4.69) is 20.0 Å². The Morgan fingerprint density at radius 2 is 1.71 bits per heavy atom. The van der Waals surface area contributed by atoms with Gasteiger partial charge in [-0.05, 0) is 58.0 Å². The van der Waals surface area contributed by atoms with E-state index in [1.807, 2.05) is 11.6 Å². The van der Waals surface area contributed by atoms with E-state index in [1.165, 1.54) is 19.2 Å². The van der Waals surface area contributed by atoms with Crippen LogP contribution in [-0.2, 0) is 35.3 Å². The van der Waals surface area contributed by atoms with Crippen LogP contribution in [0.25, 0.3) is 16.9 Å². The van der Waals surface area contributed by atoms with Crippen LogP contribution in [0.1, 0.15) is 38.4 Å². The van der Waals surface area contributed by atoms with Gasteiger partial charge in [-0.15, -0.1) is 5.01 Å². The van der Waals surface area contributed by atoms with Crippen LogP contribution in [0.2, 0.25) is 0 Å². The summed E-state index contributed by atoms with van der Waals surface area (Å²) in [6.45, 7) is 5.68. The van der Waals surface area contributed by atoms with Gasteiger partial charge in [-0.25, -0.2) is 22.6 Å². The average molecular weight is 657 g/mol. The third kappa shape index (κ3) is 10.1.